The van der Waals surface area contributed by atoms with Gasteiger partial charge in [0, 0.05) is 5.02 Å². The van der Waals surface area contributed by atoms with Gasteiger partial charge in [0.05, 0.1) is 25.3 Å². The van der Waals surface area contributed by atoms with Crippen LogP contribution in [0.1, 0.15) is 5.56 Å². The van der Waals surface area contributed by atoms with Crippen molar-refractivity contribution in [1.82, 2.24) is 19.6 Å². The Morgan fingerprint density at radius 2 is 2.00 bits per heavy atom. The maximum atomic E-state index is 12.6. The van der Waals surface area contributed by atoms with Crippen LogP contribution in [0.15, 0.2) is 29.3 Å². The first-order valence-corrected chi connectivity index (χ1v) is 8.85. The second-order valence-electron chi connectivity index (χ2n) is 4.95. The number of benzene rings is 1. The van der Waals surface area contributed by atoms with Crippen molar-refractivity contribution in [3.63, 3.8) is 0 Å². The summed E-state index contributed by atoms with van der Waals surface area (Å²) in [4.78, 5) is 8.18. The van der Waals surface area contributed by atoms with Gasteiger partial charge in [-0.2, -0.15) is 14.5 Å². The molecule has 11 heteroatoms. The minimum Gasteiger partial charge on any atom is -0.491 e. The maximum absolute atomic E-state index is 12.6. The average Bonchev–Trinajstić information content (AvgIpc) is 2.98. The van der Waals surface area contributed by atoms with Gasteiger partial charge in [-0.25, -0.2) is 13.1 Å². The Morgan fingerprint density at radius 3 is 2.68 bits per heavy atom. The van der Waals surface area contributed by atoms with Crippen LogP contribution in [0, 0.1) is 6.92 Å². The number of methoxy groups -OCH3 is 2. The third-order valence-corrected chi connectivity index (χ3v) is 5.32. The number of ether oxygens (including phenoxy) is 2. The first-order chi connectivity index (χ1) is 11.9. The summed E-state index contributed by atoms with van der Waals surface area (Å²) in [7, 11) is -1.07. The third-order valence-electron chi connectivity index (χ3n) is 3.44. The minimum absolute atomic E-state index is 0.0379. The van der Waals surface area contributed by atoms with E-state index in [-0.39, 0.29) is 22.5 Å². The summed E-state index contributed by atoms with van der Waals surface area (Å²) < 4.78 is 39.1. The molecule has 0 spiro atoms. The Bertz CT molecular complexity index is 1010. The Balaban J connectivity index is 2.07. The molecule has 0 fully saturated rings. The smallest absolute Gasteiger partial charge is 0.319 e. The quantitative estimate of drug-likeness (QED) is 0.716. The van der Waals surface area contributed by atoms with Crippen LogP contribution in [0.3, 0.4) is 0 Å². The number of hydrogen-bond acceptors (Lipinski definition) is 7. The lowest BCUT2D eigenvalue weighted by molar-refractivity contribution is 0.359. The van der Waals surface area contributed by atoms with Crippen molar-refractivity contribution in [2.45, 2.75) is 11.8 Å². The molecule has 1 aromatic carbocycles. The molecule has 0 radical (unpaired) electrons. The minimum atomic E-state index is -3.93. The number of hydrogen-bond donors (Lipinski definition) is 1. The topological polar surface area (TPSA) is 108 Å². The molecule has 3 rings (SSSR count). The second kappa shape index (κ2) is 6.37. The van der Waals surface area contributed by atoms with Gasteiger partial charge in [-0.3, -0.25) is 0 Å². The second-order valence-corrected chi connectivity index (χ2v) is 7.01. The van der Waals surface area contributed by atoms with Gasteiger partial charge in [-0.1, -0.05) is 17.7 Å². The summed E-state index contributed by atoms with van der Waals surface area (Å²) in [6.45, 7) is 1.62. The normalized spacial score (nSPS) is 11.5. The molecule has 132 valence electrons. The van der Waals surface area contributed by atoms with E-state index in [1.165, 1.54) is 31.0 Å². The van der Waals surface area contributed by atoms with Crippen molar-refractivity contribution in [3.8, 4) is 11.8 Å². The number of fused-ring (bicyclic) bond motifs is 1. The Morgan fingerprint density at radius 1 is 1.24 bits per heavy atom. The SMILES string of the molecule is COc1cnc(OC)n2nc(NS(=O)(=O)c3cccc(Cl)c3C)nc12. The van der Waals surface area contributed by atoms with Gasteiger partial charge in [0.1, 0.15) is 0 Å². The molecule has 0 saturated carbocycles. The zero-order chi connectivity index (χ0) is 18.2. The van der Waals surface area contributed by atoms with Gasteiger partial charge in [0.25, 0.3) is 16.0 Å². The predicted octanol–water partition coefficient (Wildman–Crippen LogP) is 1.90. The van der Waals surface area contributed by atoms with Gasteiger partial charge < -0.3 is 9.47 Å². The van der Waals surface area contributed by atoms with Gasteiger partial charge in [0.15, 0.2) is 5.75 Å². The van der Waals surface area contributed by atoms with E-state index in [4.69, 9.17) is 21.1 Å². The monoisotopic (exact) mass is 383 g/mol. The van der Waals surface area contributed by atoms with Crippen molar-refractivity contribution in [1.29, 1.82) is 0 Å². The van der Waals surface area contributed by atoms with Crippen LogP contribution in [0.2, 0.25) is 5.02 Å². The molecule has 2 heterocycles. The van der Waals surface area contributed by atoms with Gasteiger partial charge in [-0.15, -0.1) is 5.10 Å². The number of sulfonamides is 1. The standard InChI is InChI=1S/C14H14ClN5O4S/c1-8-9(15)5-4-6-11(8)25(21,22)19-13-17-12-10(23-2)7-16-14(24-3)20(12)18-13/h4-7H,1-3H3,(H,18,19). The maximum Gasteiger partial charge on any atom is 0.319 e. The summed E-state index contributed by atoms with van der Waals surface area (Å²) in [5, 5.41) is 4.42. The molecule has 0 atom stereocenters. The van der Waals surface area contributed by atoms with Gasteiger partial charge in [-0.05, 0) is 24.6 Å². The molecule has 3 aromatic rings. The average molecular weight is 384 g/mol. The fourth-order valence-corrected chi connectivity index (χ4v) is 3.65. The summed E-state index contributed by atoms with van der Waals surface area (Å²) in [6.07, 6.45) is 1.41. The van der Waals surface area contributed by atoms with Crippen molar-refractivity contribution in [2.75, 3.05) is 18.9 Å². The number of anilines is 1. The first-order valence-electron chi connectivity index (χ1n) is 6.99. The highest BCUT2D eigenvalue weighted by molar-refractivity contribution is 7.92. The van der Waals surface area contributed by atoms with E-state index in [1.807, 2.05) is 0 Å². The van der Waals surface area contributed by atoms with Crippen LogP contribution in [0.5, 0.6) is 11.8 Å². The number of nitrogens with one attached hydrogen (secondary N) is 1. The van der Waals surface area contributed by atoms with E-state index in [2.05, 4.69) is 19.8 Å². The van der Waals surface area contributed by atoms with Crippen LogP contribution >= 0.6 is 11.6 Å². The zero-order valence-corrected chi connectivity index (χ0v) is 15.1. The lowest BCUT2D eigenvalue weighted by atomic mass is 10.2. The molecule has 0 amide bonds. The highest BCUT2D eigenvalue weighted by Gasteiger charge is 2.22. The molecular weight excluding hydrogens is 370 g/mol. The molecule has 0 unspecified atom stereocenters. The molecule has 0 bridgehead atoms. The lowest BCUT2D eigenvalue weighted by Gasteiger charge is -2.08. The molecule has 25 heavy (non-hydrogen) atoms. The van der Waals surface area contributed by atoms with Crippen molar-refractivity contribution in [3.05, 3.63) is 35.0 Å². The fraction of sp³-hybridized carbons (Fsp3) is 0.214. The molecule has 9 nitrogen and oxygen atoms in total. The van der Waals surface area contributed by atoms with Crippen LogP contribution < -0.4 is 14.2 Å². The molecule has 0 aliphatic carbocycles. The summed E-state index contributed by atoms with van der Waals surface area (Å²) >= 11 is 6.00. The summed E-state index contributed by atoms with van der Waals surface area (Å²) in [5.41, 5.74) is 0.687. The Labute approximate surface area is 148 Å². The van der Waals surface area contributed by atoms with Crippen molar-refractivity contribution >= 4 is 33.2 Å². The Kier molecular flexibility index (Phi) is 4.39. The van der Waals surface area contributed by atoms with Crippen LogP contribution in [0.25, 0.3) is 5.65 Å². The van der Waals surface area contributed by atoms with E-state index in [1.54, 1.807) is 19.1 Å². The van der Waals surface area contributed by atoms with Gasteiger partial charge in [0.2, 0.25) is 5.65 Å². The molecule has 0 aliphatic heterocycles. The number of aromatic nitrogens is 4. The van der Waals surface area contributed by atoms with Crippen LogP contribution in [0.4, 0.5) is 5.95 Å². The van der Waals surface area contributed by atoms with Crippen LogP contribution in [-0.4, -0.2) is 42.2 Å². The van der Waals surface area contributed by atoms with E-state index in [0.717, 1.165) is 0 Å². The highest BCUT2D eigenvalue weighted by Crippen LogP contribution is 2.26. The van der Waals surface area contributed by atoms with E-state index in [0.29, 0.717) is 16.3 Å². The van der Waals surface area contributed by atoms with E-state index in [9.17, 15) is 8.42 Å². The highest BCUT2D eigenvalue weighted by atomic mass is 35.5. The largest absolute Gasteiger partial charge is 0.491 e. The molecular formula is C14H14ClN5O4S. The third kappa shape index (κ3) is 3.05. The lowest BCUT2D eigenvalue weighted by Crippen LogP contribution is -2.15. The number of rotatable bonds is 5. The predicted molar refractivity (Wildman–Crippen MR) is 90.9 cm³/mol. The fourth-order valence-electron chi connectivity index (χ4n) is 2.21. The van der Waals surface area contributed by atoms with Crippen molar-refractivity contribution in [2.24, 2.45) is 0 Å². The molecule has 0 aliphatic rings. The molecule has 1 N–H and O–H groups in total. The first kappa shape index (κ1) is 17.2. The Hall–Kier alpha value is -2.59. The molecule has 0 saturated heterocycles. The van der Waals surface area contributed by atoms with E-state index >= 15 is 0 Å². The number of nitrogens with zero attached hydrogens (tertiary/aromatic N) is 4. The molecule has 2 aromatic heterocycles. The summed E-state index contributed by atoms with van der Waals surface area (Å²) in [5.74, 6) is 0.168. The number of halogens is 1. The van der Waals surface area contributed by atoms with Gasteiger partial charge >= 0.3 is 6.01 Å². The summed E-state index contributed by atoms with van der Waals surface area (Å²) in [6, 6.07) is 4.74. The zero-order valence-electron chi connectivity index (χ0n) is 13.5. The van der Waals surface area contributed by atoms with Crippen LogP contribution in [-0.2, 0) is 10.0 Å². The van der Waals surface area contributed by atoms with Crippen molar-refractivity contribution < 1.29 is 17.9 Å². The van der Waals surface area contributed by atoms with E-state index < -0.39 is 10.0 Å².